The highest BCUT2D eigenvalue weighted by Crippen LogP contribution is 2.51. The maximum Gasteiger partial charge on any atom is 0.305 e. The van der Waals surface area contributed by atoms with Crippen LogP contribution >= 0.6 is 35.3 Å². The minimum atomic E-state index is -0.723. The first kappa shape index (κ1) is 25.3. The summed E-state index contributed by atoms with van der Waals surface area (Å²) in [6.07, 6.45) is 3.76. The van der Waals surface area contributed by atoms with E-state index in [4.69, 9.17) is 9.84 Å². The molecule has 1 aliphatic rings. The van der Waals surface area contributed by atoms with Crippen LogP contribution in [0.2, 0.25) is 0 Å². The zero-order valence-corrected chi connectivity index (χ0v) is 20.4. The molecule has 8 heteroatoms. The number of carbonyl (C=O) groups is 2. The molecule has 5 nitrogen and oxygen atoms in total. The van der Waals surface area contributed by atoms with Gasteiger partial charge in [-0.25, -0.2) is 0 Å². The maximum absolute atomic E-state index is 11.6. The lowest BCUT2D eigenvalue weighted by Gasteiger charge is -2.19. The number of rotatable bonds is 13. The maximum atomic E-state index is 11.6. The summed E-state index contributed by atoms with van der Waals surface area (Å²) in [6.45, 7) is 6.10. The molecule has 1 aromatic carbocycles. The second-order valence-corrected chi connectivity index (χ2v) is 12.4. The Morgan fingerprint density at radius 2 is 2.10 bits per heavy atom. The van der Waals surface area contributed by atoms with Gasteiger partial charge in [-0.05, 0) is 56.7 Å². The number of phenols is 1. The number of benzene rings is 1. The molecule has 1 fully saturated rings. The highest BCUT2D eigenvalue weighted by Gasteiger charge is 2.38. The largest absolute Gasteiger partial charge is 0.507 e. The minimum Gasteiger partial charge on any atom is -0.507 e. The molecule has 2 rings (SSSR count). The lowest BCUT2D eigenvalue weighted by Crippen LogP contribution is -2.17. The first-order chi connectivity index (χ1) is 14.3. The van der Waals surface area contributed by atoms with Crippen LogP contribution in [0.25, 0.3) is 0 Å². The molecule has 0 aromatic heterocycles. The Kier molecular flexibility index (Phi) is 10.2. The summed E-state index contributed by atoms with van der Waals surface area (Å²) in [5, 5.41) is 20.0. The Hall–Kier alpha value is -0.990. The molecular weight excluding hydrogens is 440 g/mol. The van der Waals surface area contributed by atoms with E-state index in [0.717, 1.165) is 42.1 Å². The quantitative estimate of drug-likeness (QED) is 0.288. The van der Waals surface area contributed by atoms with E-state index in [0.29, 0.717) is 29.6 Å². The van der Waals surface area contributed by atoms with Crippen LogP contribution in [0.4, 0.5) is 0 Å². The molecule has 0 aliphatic carbocycles. The molecule has 1 aliphatic heterocycles. The molecule has 2 atom stereocenters. The second-order valence-electron chi connectivity index (χ2n) is 7.60. The number of ketones is 1. The fourth-order valence-electron chi connectivity index (χ4n) is 3.39. The smallest absolute Gasteiger partial charge is 0.305 e. The number of thioether (sulfide) groups is 3. The van der Waals surface area contributed by atoms with Gasteiger partial charge in [0.15, 0.2) is 5.78 Å². The van der Waals surface area contributed by atoms with E-state index in [9.17, 15) is 14.7 Å². The number of carbonyl (C=O) groups excluding carboxylic acids is 1. The third kappa shape index (κ3) is 7.61. The predicted molar refractivity (Wildman–Crippen MR) is 129 cm³/mol. The van der Waals surface area contributed by atoms with E-state index in [1.807, 2.05) is 37.4 Å². The van der Waals surface area contributed by atoms with Crippen molar-refractivity contribution in [3.63, 3.8) is 0 Å². The van der Waals surface area contributed by atoms with Gasteiger partial charge in [0.05, 0.1) is 22.7 Å². The van der Waals surface area contributed by atoms with Gasteiger partial charge < -0.3 is 14.9 Å². The number of carboxylic acid groups (broad SMARTS) is 1. The number of aromatic hydroxyl groups is 1. The van der Waals surface area contributed by atoms with Gasteiger partial charge in [0.1, 0.15) is 11.5 Å². The Morgan fingerprint density at radius 3 is 2.77 bits per heavy atom. The third-order valence-electron chi connectivity index (χ3n) is 4.86. The molecule has 0 radical (unpaired) electrons. The molecule has 1 aromatic rings. The van der Waals surface area contributed by atoms with Crippen LogP contribution < -0.4 is 4.74 Å². The van der Waals surface area contributed by atoms with Crippen LogP contribution in [0.3, 0.4) is 0 Å². The summed E-state index contributed by atoms with van der Waals surface area (Å²) in [4.78, 5) is 22.6. The van der Waals surface area contributed by atoms with Gasteiger partial charge in [-0.2, -0.15) is 11.8 Å². The van der Waals surface area contributed by atoms with Crippen LogP contribution in [0.1, 0.15) is 62.4 Å². The van der Waals surface area contributed by atoms with E-state index < -0.39 is 5.97 Å². The second kappa shape index (κ2) is 12.2. The van der Waals surface area contributed by atoms with Gasteiger partial charge in [-0.1, -0.05) is 13.3 Å². The monoisotopic (exact) mass is 472 g/mol. The summed E-state index contributed by atoms with van der Waals surface area (Å²) >= 11 is 5.49. The van der Waals surface area contributed by atoms with Crippen molar-refractivity contribution in [3.05, 3.63) is 23.3 Å². The number of hydrogen-bond acceptors (Lipinski definition) is 7. The van der Waals surface area contributed by atoms with E-state index in [1.54, 1.807) is 23.9 Å². The average Bonchev–Trinajstić information content (AvgIpc) is 3.03. The van der Waals surface area contributed by atoms with E-state index in [2.05, 4.69) is 0 Å². The molecule has 0 bridgehead atoms. The Balaban J connectivity index is 1.68. The molecule has 0 amide bonds. The van der Waals surface area contributed by atoms with Crippen LogP contribution in [0.15, 0.2) is 12.1 Å². The fourth-order valence-corrected chi connectivity index (χ4v) is 7.95. The molecule has 30 heavy (non-hydrogen) atoms. The highest BCUT2D eigenvalue weighted by atomic mass is 32.2. The van der Waals surface area contributed by atoms with Crippen molar-refractivity contribution in [2.45, 2.75) is 62.2 Å². The van der Waals surface area contributed by atoms with Gasteiger partial charge in [-0.3, -0.25) is 9.59 Å². The standard InChI is InChI=1S/C22H32O5S3/c1-4-6-18-19(8-7-17(15(2)23)21(18)26)27-10-5-11-28-12-9-16-14-29-22(3,30-16)13-20(24)25/h7-8,16,26H,4-6,9-14H2,1-3H3,(H,24,25). The number of ether oxygens (including phenoxy) is 1. The number of Topliss-reactive ketones (excluding diaryl/α,β-unsaturated/α-hetero) is 1. The predicted octanol–water partition coefficient (Wildman–Crippen LogP) is 5.48. The Morgan fingerprint density at radius 1 is 1.33 bits per heavy atom. The van der Waals surface area contributed by atoms with Crippen molar-refractivity contribution in [3.8, 4) is 11.5 Å². The van der Waals surface area contributed by atoms with Crippen LogP contribution in [-0.2, 0) is 11.2 Å². The van der Waals surface area contributed by atoms with Crippen LogP contribution in [-0.4, -0.2) is 55.2 Å². The van der Waals surface area contributed by atoms with E-state index in [-0.39, 0.29) is 22.0 Å². The number of hydrogen-bond donors (Lipinski definition) is 2. The summed E-state index contributed by atoms with van der Waals surface area (Å²) in [6, 6.07) is 3.42. The van der Waals surface area contributed by atoms with Crippen molar-refractivity contribution in [2.75, 3.05) is 23.9 Å². The minimum absolute atomic E-state index is 0.0538. The topological polar surface area (TPSA) is 83.8 Å². The molecule has 0 saturated carbocycles. The molecule has 2 unspecified atom stereocenters. The van der Waals surface area contributed by atoms with Gasteiger partial charge >= 0.3 is 5.97 Å². The lowest BCUT2D eigenvalue weighted by molar-refractivity contribution is -0.137. The van der Waals surface area contributed by atoms with Crippen molar-refractivity contribution < 1.29 is 24.5 Å². The van der Waals surface area contributed by atoms with Crippen LogP contribution in [0.5, 0.6) is 11.5 Å². The zero-order chi connectivity index (χ0) is 22.1. The summed E-state index contributed by atoms with van der Waals surface area (Å²) in [5.41, 5.74) is 1.07. The third-order valence-corrected chi connectivity index (χ3v) is 9.51. The van der Waals surface area contributed by atoms with Crippen molar-refractivity contribution in [1.29, 1.82) is 0 Å². The lowest BCUT2D eigenvalue weighted by atomic mass is 10.0. The molecule has 168 valence electrons. The van der Waals surface area contributed by atoms with Gasteiger partial charge in [0.25, 0.3) is 0 Å². The van der Waals surface area contributed by atoms with E-state index in [1.165, 1.54) is 6.92 Å². The molecule has 0 spiro atoms. The van der Waals surface area contributed by atoms with Crippen molar-refractivity contribution >= 4 is 47.0 Å². The van der Waals surface area contributed by atoms with Crippen LogP contribution in [0, 0.1) is 0 Å². The summed E-state index contributed by atoms with van der Waals surface area (Å²) < 4.78 is 5.72. The first-order valence-corrected chi connectivity index (χ1v) is 13.4. The van der Waals surface area contributed by atoms with Gasteiger partial charge in [0, 0.05) is 16.6 Å². The number of aliphatic carboxylic acids is 1. The zero-order valence-electron chi connectivity index (χ0n) is 17.9. The normalized spacial score (nSPS) is 21.0. The number of phenolic OH excluding ortho intramolecular Hbond substituents is 1. The van der Waals surface area contributed by atoms with E-state index >= 15 is 0 Å². The van der Waals surface area contributed by atoms with Crippen molar-refractivity contribution in [2.24, 2.45) is 0 Å². The highest BCUT2D eigenvalue weighted by molar-refractivity contribution is 8.21. The van der Waals surface area contributed by atoms with Gasteiger partial charge in [-0.15, -0.1) is 23.5 Å². The molecule has 2 N–H and O–H groups in total. The molecule has 1 saturated heterocycles. The van der Waals surface area contributed by atoms with Crippen molar-refractivity contribution in [1.82, 2.24) is 0 Å². The Labute approximate surface area is 192 Å². The van der Waals surface area contributed by atoms with Gasteiger partial charge in [0.2, 0.25) is 0 Å². The fraction of sp³-hybridized carbons (Fsp3) is 0.636. The molecule has 1 heterocycles. The summed E-state index contributed by atoms with van der Waals surface area (Å²) in [7, 11) is 0. The first-order valence-electron chi connectivity index (χ1n) is 10.4. The number of carboxylic acids is 1. The molecular formula is C22H32O5S3. The SMILES string of the molecule is CCCc1c(OCCCSCCC2CSC(C)(CC(=O)O)S2)ccc(C(C)=O)c1O. The Bertz CT molecular complexity index is 740. The summed E-state index contributed by atoms with van der Waals surface area (Å²) in [5.74, 6) is 2.94. The average molecular weight is 473 g/mol.